The molecule has 0 aliphatic carbocycles. The SMILES string of the molecule is CCCCCc1ccccc1NC(=O)c1ccccc1O. The van der Waals surface area contributed by atoms with E-state index in [2.05, 4.69) is 12.2 Å². The van der Waals surface area contributed by atoms with Crippen LogP contribution in [0.2, 0.25) is 0 Å². The number of rotatable bonds is 6. The lowest BCUT2D eigenvalue weighted by Crippen LogP contribution is -2.13. The molecule has 0 bridgehead atoms. The molecule has 21 heavy (non-hydrogen) atoms. The third kappa shape index (κ3) is 4.09. The number of hydrogen-bond donors (Lipinski definition) is 2. The lowest BCUT2D eigenvalue weighted by Gasteiger charge is -2.11. The Kier molecular flexibility index (Phi) is 5.38. The number of phenolic OH excluding ortho intramolecular Hbond substituents is 1. The zero-order chi connectivity index (χ0) is 15.1. The first kappa shape index (κ1) is 15.1. The van der Waals surface area contributed by atoms with E-state index < -0.39 is 0 Å². The summed E-state index contributed by atoms with van der Waals surface area (Å²) in [6.45, 7) is 2.17. The topological polar surface area (TPSA) is 49.3 Å². The molecule has 0 aromatic heterocycles. The smallest absolute Gasteiger partial charge is 0.259 e. The minimum Gasteiger partial charge on any atom is -0.507 e. The van der Waals surface area contributed by atoms with Gasteiger partial charge in [0, 0.05) is 5.69 Å². The number of nitrogens with one attached hydrogen (secondary N) is 1. The fourth-order valence-electron chi connectivity index (χ4n) is 2.28. The fourth-order valence-corrected chi connectivity index (χ4v) is 2.28. The molecule has 0 aliphatic heterocycles. The number of anilines is 1. The van der Waals surface area contributed by atoms with Crippen molar-refractivity contribution in [2.75, 3.05) is 5.32 Å². The van der Waals surface area contributed by atoms with Crippen LogP contribution in [-0.4, -0.2) is 11.0 Å². The minimum atomic E-state index is -0.281. The van der Waals surface area contributed by atoms with Crippen molar-refractivity contribution < 1.29 is 9.90 Å². The van der Waals surface area contributed by atoms with Gasteiger partial charge >= 0.3 is 0 Å². The summed E-state index contributed by atoms with van der Waals surface area (Å²) < 4.78 is 0. The molecule has 0 atom stereocenters. The van der Waals surface area contributed by atoms with Crippen LogP contribution in [-0.2, 0) is 6.42 Å². The normalized spacial score (nSPS) is 10.3. The molecule has 2 rings (SSSR count). The molecule has 2 N–H and O–H groups in total. The van der Waals surface area contributed by atoms with Crippen molar-refractivity contribution in [1.29, 1.82) is 0 Å². The number of para-hydroxylation sites is 2. The number of phenols is 1. The van der Waals surface area contributed by atoms with Crippen LogP contribution in [0.4, 0.5) is 5.69 Å². The summed E-state index contributed by atoms with van der Waals surface area (Å²) in [7, 11) is 0. The van der Waals surface area contributed by atoms with Gasteiger partial charge in [0.15, 0.2) is 0 Å². The summed E-state index contributed by atoms with van der Waals surface area (Å²) in [6.07, 6.45) is 4.42. The van der Waals surface area contributed by atoms with Gasteiger partial charge in [-0.2, -0.15) is 0 Å². The molecule has 3 heteroatoms. The summed E-state index contributed by atoms with van der Waals surface area (Å²) in [5.41, 5.74) is 2.25. The monoisotopic (exact) mass is 283 g/mol. The predicted octanol–water partition coefficient (Wildman–Crippen LogP) is 4.38. The highest BCUT2D eigenvalue weighted by molar-refractivity contribution is 6.06. The van der Waals surface area contributed by atoms with E-state index in [1.165, 1.54) is 18.9 Å². The Morgan fingerprint density at radius 2 is 1.76 bits per heavy atom. The van der Waals surface area contributed by atoms with Crippen molar-refractivity contribution in [3.05, 3.63) is 59.7 Å². The Hall–Kier alpha value is -2.29. The number of carbonyl (C=O) groups excluding carboxylic acids is 1. The van der Waals surface area contributed by atoms with Gasteiger partial charge in [0.25, 0.3) is 5.91 Å². The Morgan fingerprint density at radius 1 is 1.05 bits per heavy atom. The van der Waals surface area contributed by atoms with E-state index >= 15 is 0 Å². The molecule has 0 unspecified atom stereocenters. The van der Waals surface area contributed by atoms with Crippen LogP contribution in [0.15, 0.2) is 48.5 Å². The molecular formula is C18H21NO2. The second kappa shape index (κ2) is 7.48. The van der Waals surface area contributed by atoms with E-state index in [0.717, 1.165) is 24.1 Å². The van der Waals surface area contributed by atoms with Gasteiger partial charge in [-0.3, -0.25) is 4.79 Å². The number of benzene rings is 2. The molecule has 0 saturated carbocycles. The maximum absolute atomic E-state index is 12.2. The van der Waals surface area contributed by atoms with Crippen LogP contribution in [0.25, 0.3) is 0 Å². The highest BCUT2D eigenvalue weighted by Crippen LogP contribution is 2.21. The molecule has 1 amide bonds. The average Bonchev–Trinajstić information content (AvgIpc) is 2.49. The number of unbranched alkanes of at least 4 members (excludes halogenated alkanes) is 2. The number of aryl methyl sites for hydroxylation is 1. The number of amides is 1. The molecule has 3 nitrogen and oxygen atoms in total. The maximum Gasteiger partial charge on any atom is 0.259 e. The number of hydrogen-bond acceptors (Lipinski definition) is 2. The lowest BCUT2D eigenvalue weighted by molar-refractivity contribution is 0.102. The van der Waals surface area contributed by atoms with E-state index in [1.54, 1.807) is 18.2 Å². The quantitative estimate of drug-likeness (QED) is 0.773. The van der Waals surface area contributed by atoms with E-state index in [9.17, 15) is 9.90 Å². The van der Waals surface area contributed by atoms with Gasteiger partial charge in [0.2, 0.25) is 0 Å². The second-order valence-corrected chi connectivity index (χ2v) is 5.09. The van der Waals surface area contributed by atoms with Crippen LogP contribution in [0.3, 0.4) is 0 Å². The van der Waals surface area contributed by atoms with Crippen molar-refractivity contribution in [3.8, 4) is 5.75 Å². The molecule has 0 aliphatic rings. The molecule has 0 saturated heterocycles. The van der Waals surface area contributed by atoms with Gasteiger partial charge in [-0.05, 0) is 36.6 Å². The number of aromatic hydroxyl groups is 1. The Labute approximate surface area is 125 Å². The van der Waals surface area contributed by atoms with Crippen LogP contribution < -0.4 is 5.32 Å². The Bertz CT molecular complexity index is 608. The summed E-state index contributed by atoms with van der Waals surface area (Å²) in [6, 6.07) is 14.4. The average molecular weight is 283 g/mol. The Morgan fingerprint density at radius 3 is 2.52 bits per heavy atom. The molecular weight excluding hydrogens is 262 g/mol. The largest absolute Gasteiger partial charge is 0.507 e. The molecule has 2 aromatic carbocycles. The van der Waals surface area contributed by atoms with E-state index in [4.69, 9.17) is 0 Å². The van der Waals surface area contributed by atoms with Crippen molar-refractivity contribution in [2.45, 2.75) is 32.6 Å². The van der Waals surface area contributed by atoms with Gasteiger partial charge in [-0.25, -0.2) is 0 Å². The minimum absolute atomic E-state index is 0.00142. The lowest BCUT2D eigenvalue weighted by atomic mass is 10.0. The van der Waals surface area contributed by atoms with Gasteiger partial charge in [-0.15, -0.1) is 0 Å². The van der Waals surface area contributed by atoms with Crippen molar-refractivity contribution in [2.24, 2.45) is 0 Å². The van der Waals surface area contributed by atoms with Crippen molar-refractivity contribution in [3.63, 3.8) is 0 Å². The highest BCUT2D eigenvalue weighted by Gasteiger charge is 2.12. The Balaban J connectivity index is 2.12. The van der Waals surface area contributed by atoms with Crippen molar-refractivity contribution in [1.82, 2.24) is 0 Å². The van der Waals surface area contributed by atoms with Gasteiger partial charge in [0.05, 0.1) is 5.56 Å². The van der Waals surface area contributed by atoms with Gasteiger partial charge < -0.3 is 10.4 Å². The van der Waals surface area contributed by atoms with Gasteiger partial charge in [0.1, 0.15) is 5.75 Å². The van der Waals surface area contributed by atoms with Crippen LogP contribution in [0.1, 0.15) is 42.1 Å². The molecule has 0 heterocycles. The van der Waals surface area contributed by atoms with E-state index in [0.29, 0.717) is 5.56 Å². The molecule has 0 spiro atoms. The second-order valence-electron chi connectivity index (χ2n) is 5.09. The molecule has 0 radical (unpaired) electrons. The summed E-state index contributed by atoms with van der Waals surface area (Å²) in [5, 5.41) is 12.6. The first-order valence-corrected chi connectivity index (χ1v) is 7.39. The predicted molar refractivity (Wildman–Crippen MR) is 85.7 cm³/mol. The van der Waals surface area contributed by atoms with Crippen LogP contribution >= 0.6 is 0 Å². The molecule has 0 fully saturated rings. The standard InChI is InChI=1S/C18H21NO2/c1-2-3-4-9-14-10-5-7-12-16(14)19-18(21)15-11-6-8-13-17(15)20/h5-8,10-13,20H,2-4,9H2,1H3,(H,19,21). The van der Waals surface area contributed by atoms with E-state index in [1.807, 2.05) is 24.3 Å². The first-order chi connectivity index (χ1) is 10.2. The fraction of sp³-hybridized carbons (Fsp3) is 0.278. The van der Waals surface area contributed by atoms with E-state index in [-0.39, 0.29) is 11.7 Å². The van der Waals surface area contributed by atoms with Crippen molar-refractivity contribution >= 4 is 11.6 Å². The highest BCUT2D eigenvalue weighted by atomic mass is 16.3. The maximum atomic E-state index is 12.2. The summed E-state index contributed by atoms with van der Waals surface area (Å²) in [4.78, 5) is 12.2. The zero-order valence-corrected chi connectivity index (χ0v) is 12.3. The summed E-state index contributed by atoms with van der Waals surface area (Å²) >= 11 is 0. The molecule has 2 aromatic rings. The third-order valence-electron chi connectivity index (χ3n) is 3.46. The van der Waals surface area contributed by atoms with Crippen LogP contribution in [0, 0.1) is 0 Å². The molecule has 110 valence electrons. The van der Waals surface area contributed by atoms with Crippen LogP contribution in [0.5, 0.6) is 5.75 Å². The third-order valence-corrected chi connectivity index (χ3v) is 3.46. The summed E-state index contributed by atoms with van der Waals surface area (Å²) in [5.74, 6) is -0.283. The first-order valence-electron chi connectivity index (χ1n) is 7.39. The number of carbonyl (C=O) groups is 1. The van der Waals surface area contributed by atoms with Gasteiger partial charge in [-0.1, -0.05) is 50.1 Å². The zero-order valence-electron chi connectivity index (χ0n) is 12.3.